The van der Waals surface area contributed by atoms with Crippen LogP contribution >= 0.6 is 11.8 Å². The largest absolute Gasteiger partial charge is 0.321 e. The van der Waals surface area contributed by atoms with E-state index in [1.807, 2.05) is 36.0 Å². The number of aromatic amines is 2. The van der Waals surface area contributed by atoms with Gasteiger partial charge in [-0.25, -0.2) is 0 Å². The molecule has 23 heavy (non-hydrogen) atoms. The molecule has 0 bridgehead atoms. The Balaban J connectivity index is 1.93. The topological polar surface area (TPSA) is 87.3 Å². The number of unbranched alkanes of at least 4 members (excludes halogenated alkanes) is 1. The molecule has 118 valence electrons. The van der Waals surface area contributed by atoms with Crippen LogP contribution in [0.3, 0.4) is 0 Å². The highest BCUT2D eigenvalue weighted by atomic mass is 32.2. The van der Waals surface area contributed by atoms with Crippen molar-refractivity contribution in [2.24, 2.45) is 0 Å². The lowest BCUT2D eigenvalue weighted by molar-refractivity contribution is 0.881. The number of hydrogen-bond acceptors (Lipinski definition) is 5. The Morgan fingerprint density at radius 2 is 2.00 bits per heavy atom. The van der Waals surface area contributed by atoms with Crippen molar-refractivity contribution in [2.75, 3.05) is 5.75 Å². The molecule has 0 aliphatic heterocycles. The van der Waals surface area contributed by atoms with Crippen LogP contribution in [-0.4, -0.2) is 31.4 Å². The molecule has 0 aliphatic rings. The average Bonchev–Trinajstić information content (AvgIpc) is 3.10. The third kappa shape index (κ3) is 3.50. The molecule has 0 aliphatic carbocycles. The van der Waals surface area contributed by atoms with Gasteiger partial charge in [-0.3, -0.25) is 4.79 Å². The number of benzene rings is 1. The number of aromatic nitrogens is 5. The molecule has 6 nitrogen and oxygen atoms in total. The van der Waals surface area contributed by atoms with E-state index in [4.69, 9.17) is 0 Å². The van der Waals surface area contributed by atoms with E-state index in [2.05, 4.69) is 38.6 Å². The second kappa shape index (κ2) is 7.23. The second-order valence-electron chi connectivity index (χ2n) is 5.05. The normalized spacial score (nSPS) is 10.8. The summed E-state index contributed by atoms with van der Waals surface area (Å²) in [6, 6.07) is 11.7. The lowest BCUT2D eigenvalue weighted by atomic mass is 10.1. The van der Waals surface area contributed by atoms with Gasteiger partial charge in [-0.1, -0.05) is 31.5 Å². The highest BCUT2D eigenvalue weighted by molar-refractivity contribution is 7.99. The molecule has 0 saturated carbocycles. The standard InChI is InChI=1S/C16H17N5OS/c1-2-3-10-23-14-7-5-4-6-11(14)13-9-8-12(16(22)17-13)15-18-20-21-19-15/h4-9H,2-3,10H2,1H3,(H,17,22)(H,18,19,20,21). The predicted molar refractivity (Wildman–Crippen MR) is 91.3 cm³/mol. The Kier molecular flexibility index (Phi) is 4.87. The van der Waals surface area contributed by atoms with Crippen molar-refractivity contribution in [3.05, 3.63) is 46.8 Å². The summed E-state index contributed by atoms with van der Waals surface area (Å²) >= 11 is 1.81. The Hall–Kier alpha value is -2.41. The van der Waals surface area contributed by atoms with Crippen molar-refractivity contribution in [3.8, 4) is 22.6 Å². The van der Waals surface area contributed by atoms with E-state index in [-0.39, 0.29) is 5.56 Å². The molecule has 1 aromatic carbocycles. The Morgan fingerprint density at radius 1 is 1.13 bits per heavy atom. The molecule has 0 fully saturated rings. The van der Waals surface area contributed by atoms with Gasteiger partial charge in [0.05, 0.1) is 5.56 Å². The van der Waals surface area contributed by atoms with Gasteiger partial charge >= 0.3 is 0 Å². The summed E-state index contributed by atoms with van der Waals surface area (Å²) in [5.74, 6) is 1.36. The van der Waals surface area contributed by atoms with Gasteiger partial charge in [0.15, 0.2) is 0 Å². The monoisotopic (exact) mass is 327 g/mol. The second-order valence-corrected chi connectivity index (χ2v) is 6.19. The maximum absolute atomic E-state index is 12.3. The first-order valence-corrected chi connectivity index (χ1v) is 8.47. The van der Waals surface area contributed by atoms with Crippen LogP contribution in [0.15, 0.2) is 46.1 Å². The quantitative estimate of drug-likeness (QED) is 0.536. The zero-order valence-electron chi connectivity index (χ0n) is 12.7. The summed E-state index contributed by atoms with van der Waals surface area (Å²) in [6.07, 6.45) is 2.34. The fourth-order valence-corrected chi connectivity index (χ4v) is 3.39. The SMILES string of the molecule is CCCCSc1ccccc1-c1ccc(-c2nn[nH]n2)c(=O)[nH]1. The number of H-pyrrole nitrogens is 2. The molecule has 3 aromatic rings. The fourth-order valence-electron chi connectivity index (χ4n) is 2.22. The minimum Gasteiger partial charge on any atom is -0.321 e. The van der Waals surface area contributed by atoms with Crippen molar-refractivity contribution in [3.63, 3.8) is 0 Å². The molecule has 0 atom stereocenters. The third-order valence-corrected chi connectivity index (χ3v) is 4.59. The average molecular weight is 327 g/mol. The van der Waals surface area contributed by atoms with E-state index in [1.54, 1.807) is 6.07 Å². The zero-order chi connectivity index (χ0) is 16.1. The number of nitrogens with one attached hydrogen (secondary N) is 2. The number of tetrazole rings is 1. The summed E-state index contributed by atoms with van der Waals surface area (Å²) < 4.78 is 0. The number of hydrogen-bond donors (Lipinski definition) is 2. The minimum absolute atomic E-state index is 0.225. The molecule has 0 spiro atoms. The van der Waals surface area contributed by atoms with Crippen molar-refractivity contribution in [1.29, 1.82) is 0 Å². The lowest BCUT2D eigenvalue weighted by Gasteiger charge is -2.09. The number of nitrogens with zero attached hydrogens (tertiary/aromatic N) is 3. The number of pyridine rings is 1. The van der Waals surface area contributed by atoms with Gasteiger partial charge in [0.1, 0.15) is 0 Å². The van der Waals surface area contributed by atoms with Crippen LogP contribution in [0.1, 0.15) is 19.8 Å². The first-order valence-electron chi connectivity index (χ1n) is 7.49. The van der Waals surface area contributed by atoms with E-state index >= 15 is 0 Å². The summed E-state index contributed by atoms with van der Waals surface area (Å²) in [6.45, 7) is 2.18. The lowest BCUT2D eigenvalue weighted by Crippen LogP contribution is -2.10. The Morgan fingerprint density at radius 3 is 2.74 bits per heavy atom. The van der Waals surface area contributed by atoms with Crippen LogP contribution in [0, 0.1) is 0 Å². The summed E-state index contributed by atoms with van der Waals surface area (Å²) in [4.78, 5) is 16.4. The van der Waals surface area contributed by atoms with Crippen LogP contribution in [0.25, 0.3) is 22.6 Å². The molecular weight excluding hydrogens is 310 g/mol. The highest BCUT2D eigenvalue weighted by Gasteiger charge is 2.11. The van der Waals surface area contributed by atoms with Gasteiger partial charge in [0.25, 0.3) is 5.56 Å². The van der Waals surface area contributed by atoms with Crippen molar-refractivity contribution < 1.29 is 0 Å². The molecule has 7 heteroatoms. The van der Waals surface area contributed by atoms with Gasteiger partial charge in [-0.2, -0.15) is 5.21 Å². The Bertz CT molecular complexity index is 828. The van der Waals surface area contributed by atoms with Crippen LogP contribution in [0.5, 0.6) is 0 Å². The molecule has 2 N–H and O–H groups in total. The minimum atomic E-state index is -0.225. The smallest absolute Gasteiger partial charge is 0.259 e. The first-order chi connectivity index (χ1) is 11.3. The Labute approximate surface area is 137 Å². The maximum Gasteiger partial charge on any atom is 0.259 e. The van der Waals surface area contributed by atoms with Gasteiger partial charge in [-0.15, -0.1) is 22.0 Å². The molecule has 3 rings (SSSR count). The molecule has 0 unspecified atom stereocenters. The predicted octanol–water partition coefficient (Wildman–Crippen LogP) is 3.11. The van der Waals surface area contributed by atoms with E-state index < -0.39 is 0 Å². The van der Waals surface area contributed by atoms with E-state index in [1.165, 1.54) is 17.7 Å². The van der Waals surface area contributed by atoms with Gasteiger partial charge in [0, 0.05) is 16.2 Å². The van der Waals surface area contributed by atoms with Gasteiger partial charge in [-0.05, 0) is 35.6 Å². The van der Waals surface area contributed by atoms with Crippen LogP contribution in [0.2, 0.25) is 0 Å². The van der Waals surface area contributed by atoms with Crippen molar-refractivity contribution in [1.82, 2.24) is 25.6 Å². The van der Waals surface area contributed by atoms with Crippen molar-refractivity contribution >= 4 is 11.8 Å². The molecule has 0 amide bonds. The maximum atomic E-state index is 12.3. The van der Waals surface area contributed by atoms with Crippen LogP contribution in [-0.2, 0) is 0 Å². The number of rotatable bonds is 6. The van der Waals surface area contributed by atoms with E-state index in [0.29, 0.717) is 11.4 Å². The number of thioether (sulfide) groups is 1. The van der Waals surface area contributed by atoms with E-state index in [9.17, 15) is 4.79 Å². The van der Waals surface area contributed by atoms with Crippen LogP contribution < -0.4 is 5.56 Å². The molecule has 0 radical (unpaired) electrons. The summed E-state index contributed by atoms with van der Waals surface area (Å²) in [5, 5.41) is 13.5. The third-order valence-electron chi connectivity index (χ3n) is 3.43. The van der Waals surface area contributed by atoms with Crippen molar-refractivity contribution in [2.45, 2.75) is 24.7 Å². The van der Waals surface area contributed by atoms with Gasteiger partial charge in [0.2, 0.25) is 5.82 Å². The van der Waals surface area contributed by atoms with Crippen LogP contribution in [0.4, 0.5) is 0 Å². The van der Waals surface area contributed by atoms with E-state index in [0.717, 1.165) is 17.0 Å². The zero-order valence-corrected chi connectivity index (χ0v) is 13.6. The highest BCUT2D eigenvalue weighted by Crippen LogP contribution is 2.30. The summed E-state index contributed by atoms with van der Waals surface area (Å²) in [7, 11) is 0. The molecular formula is C16H17N5OS. The fraction of sp³-hybridized carbons (Fsp3) is 0.250. The van der Waals surface area contributed by atoms with Gasteiger partial charge < -0.3 is 4.98 Å². The summed E-state index contributed by atoms with van der Waals surface area (Å²) in [5.41, 5.74) is 2.00. The first kappa shape index (κ1) is 15.5. The molecule has 2 heterocycles. The molecule has 2 aromatic heterocycles. The molecule has 0 saturated heterocycles.